The monoisotopic (exact) mass is 202 g/mol. The van der Waals surface area contributed by atoms with Crippen molar-refractivity contribution in [3.8, 4) is 0 Å². The minimum absolute atomic E-state index is 0.763. The van der Waals surface area contributed by atoms with Crippen LogP contribution in [0, 0.1) is 0 Å². The Labute approximate surface area is 86.5 Å². The van der Waals surface area contributed by atoms with E-state index in [-0.39, 0.29) is 0 Å². The molecule has 1 atom stereocenters. The Morgan fingerprint density at radius 1 is 1.38 bits per heavy atom. The smallest absolute Gasteiger partial charge is 0.0170 e. The van der Waals surface area contributed by atoms with Gasteiger partial charge in [0.05, 0.1) is 0 Å². The topological polar surface area (TPSA) is 15.3 Å². The normalized spacial score (nSPS) is 23.8. The van der Waals surface area contributed by atoms with Crippen LogP contribution >= 0.6 is 11.8 Å². The third kappa shape index (κ3) is 4.34. The zero-order valence-corrected chi connectivity index (χ0v) is 9.70. The van der Waals surface area contributed by atoms with E-state index < -0.39 is 0 Å². The molecule has 1 aliphatic rings. The average Bonchev–Trinajstić information content (AvgIpc) is 2.21. The van der Waals surface area contributed by atoms with Crippen LogP contribution in [-0.4, -0.2) is 48.6 Å². The maximum atomic E-state index is 3.58. The highest BCUT2D eigenvalue weighted by atomic mass is 32.2. The van der Waals surface area contributed by atoms with Gasteiger partial charge in [-0.1, -0.05) is 13.8 Å². The zero-order valence-electron chi connectivity index (χ0n) is 8.88. The molecule has 0 aliphatic carbocycles. The fraction of sp³-hybridized carbons (Fsp3) is 1.00. The van der Waals surface area contributed by atoms with Crippen molar-refractivity contribution in [2.75, 3.05) is 37.7 Å². The van der Waals surface area contributed by atoms with E-state index in [1.165, 1.54) is 44.1 Å². The van der Waals surface area contributed by atoms with Crippen molar-refractivity contribution >= 4 is 11.8 Å². The van der Waals surface area contributed by atoms with E-state index in [0.717, 1.165) is 6.04 Å². The summed E-state index contributed by atoms with van der Waals surface area (Å²) in [7, 11) is 0. The quantitative estimate of drug-likeness (QED) is 0.726. The molecule has 1 saturated heterocycles. The van der Waals surface area contributed by atoms with Crippen molar-refractivity contribution in [3.05, 3.63) is 0 Å². The lowest BCUT2D eigenvalue weighted by Gasteiger charge is -2.26. The summed E-state index contributed by atoms with van der Waals surface area (Å²) in [6, 6.07) is 0.763. The summed E-state index contributed by atoms with van der Waals surface area (Å²) >= 11 is 2.09. The molecule has 0 saturated carbocycles. The Balaban J connectivity index is 2.09. The summed E-state index contributed by atoms with van der Waals surface area (Å²) in [5.74, 6) is 2.60. The first-order valence-electron chi connectivity index (χ1n) is 5.40. The SMILES string of the molecule is CCN(CC)CCC1CSCCN1. The Morgan fingerprint density at radius 3 is 2.69 bits per heavy atom. The first-order valence-corrected chi connectivity index (χ1v) is 6.55. The molecular weight excluding hydrogens is 180 g/mol. The van der Waals surface area contributed by atoms with Crippen molar-refractivity contribution in [1.82, 2.24) is 10.2 Å². The van der Waals surface area contributed by atoms with Crippen molar-refractivity contribution in [3.63, 3.8) is 0 Å². The van der Waals surface area contributed by atoms with Gasteiger partial charge in [-0.15, -0.1) is 0 Å². The van der Waals surface area contributed by atoms with Gasteiger partial charge in [0.25, 0.3) is 0 Å². The number of hydrogen-bond donors (Lipinski definition) is 1. The van der Waals surface area contributed by atoms with Crippen LogP contribution in [-0.2, 0) is 0 Å². The fourth-order valence-corrected chi connectivity index (χ4v) is 2.68. The molecule has 78 valence electrons. The zero-order chi connectivity index (χ0) is 9.52. The lowest BCUT2D eigenvalue weighted by Crippen LogP contribution is -2.40. The van der Waals surface area contributed by atoms with Gasteiger partial charge in [-0.3, -0.25) is 0 Å². The maximum absolute atomic E-state index is 3.58. The second kappa shape index (κ2) is 6.68. The van der Waals surface area contributed by atoms with Crippen LogP contribution in [0.5, 0.6) is 0 Å². The van der Waals surface area contributed by atoms with E-state index in [1.54, 1.807) is 0 Å². The number of nitrogens with one attached hydrogen (secondary N) is 1. The molecule has 1 N–H and O–H groups in total. The van der Waals surface area contributed by atoms with E-state index >= 15 is 0 Å². The molecule has 1 unspecified atom stereocenters. The van der Waals surface area contributed by atoms with Gasteiger partial charge in [0, 0.05) is 24.1 Å². The fourth-order valence-electron chi connectivity index (χ4n) is 1.68. The molecule has 1 heterocycles. The number of nitrogens with zero attached hydrogens (tertiary/aromatic N) is 1. The van der Waals surface area contributed by atoms with Gasteiger partial charge in [-0.25, -0.2) is 0 Å². The van der Waals surface area contributed by atoms with Crippen LogP contribution in [0.15, 0.2) is 0 Å². The van der Waals surface area contributed by atoms with E-state index in [4.69, 9.17) is 0 Å². The Morgan fingerprint density at radius 2 is 2.15 bits per heavy atom. The second-order valence-electron chi connectivity index (χ2n) is 3.54. The molecule has 0 spiro atoms. The number of hydrogen-bond acceptors (Lipinski definition) is 3. The lowest BCUT2D eigenvalue weighted by molar-refractivity contribution is 0.285. The molecule has 2 nitrogen and oxygen atoms in total. The molecule has 0 aromatic rings. The lowest BCUT2D eigenvalue weighted by atomic mass is 10.2. The van der Waals surface area contributed by atoms with E-state index in [0.29, 0.717) is 0 Å². The Bertz CT molecular complexity index is 120. The molecule has 3 heteroatoms. The second-order valence-corrected chi connectivity index (χ2v) is 4.69. The highest BCUT2D eigenvalue weighted by Crippen LogP contribution is 2.10. The van der Waals surface area contributed by atoms with Gasteiger partial charge in [-0.2, -0.15) is 11.8 Å². The van der Waals surface area contributed by atoms with E-state index in [1.807, 2.05) is 0 Å². The van der Waals surface area contributed by atoms with Crippen molar-refractivity contribution in [2.24, 2.45) is 0 Å². The van der Waals surface area contributed by atoms with Gasteiger partial charge in [0.2, 0.25) is 0 Å². The molecule has 13 heavy (non-hydrogen) atoms. The van der Waals surface area contributed by atoms with Gasteiger partial charge < -0.3 is 10.2 Å². The van der Waals surface area contributed by atoms with Crippen LogP contribution in [0.3, 0.4) is 0 Å². The molecule has 0 bridgehead atoms. The Hall–Kier alpha value is 0.270. The third-order valence-electron chi connectivity index (χ3n) is 2.69. The number of rotatable bonds is 5. The van der Waals surface area contributed by atoms with Crippen molar-refractivity contribution in [1.29, 1.82) is 0 Å². The largest absolute Gasteiger partial charge is 0.312 e. The van der Waals surface area contributed by atoms with Gasteiger partial charge in [0.15, 0.2) is 0 Å². The van der Waals surface area contributed by atoms with Crippen LogP contribution in [0.25, 0.3) is 0 Å². The van der Waals surface area contributed by atoms with E-state index in [9.17, 15) is 0 Å². The van der Waals surface area contributed by atoms with Crippen LogP contribution in [0.4, 0.5) is 0 Å². The standard InChI is InChI=1S/C10H22N2S/c1-3-12(4-2)7-5-10-9-13-8-6-11-10/h10-11H,3-9H2,1-2H3. The molecule has 1 rings (SSSR count). The highest BCUT2D eigenvalue weighted by molar-refractivity contribution is 7.99. The maximum Gasteiger partial charge on any atom is 0.0170 e. The predicted molar refractivity (Wildman–Crippen MR) is 61.5 cm³/mol. The van der Waals surface area contributed by atoms with Crippen molar-refractivity contribution < 1.29 is 0 Å². The first-order chi connectivity index (χ1) is 6.36. The minimum atomic E-state index is 0.763. The highest BCUT2D eigenvalue weighted by Gasteiger charge is 2.13. The summed E-state index contributed by atoms with van der Waals surface area (Å²) in [6.45, 7) is 9.32. The van der Waals surface area contributed by atoms with Crippen LogP contribution in [0.1, 0.15) is 20.3 Å². The molecule has 1 aliphatic heterocycles. The first kappa shape index (κ1) is 11.3. The van der Waals surface area contributed by atoms with E-state index in [2.05, 4.69) is 35.8 Å². The van der Waals surface area contributed by atoms with Gasteiger partial charge in [-0.05, 0) is 26.1 Å². The molecular formula is C10H22N2S. The van der Waals surface area contributed by atoms with Crippen LogP contribution < -0.4 is 5.32 Å². The van der Waals surface area contributed by atoms with Gasteiger partial charge >= 0.3 is 0 Å². The molecule has 0 aromatic heterocycles. The Kier molecular flexibility index (Phi) is 5.83. The summed E-state index contributed by atoms with van der Waals surface area (Å²) in [5, 5.41) is 3.58. The summed E-state index contributed by atoms with van der Waals surface area (Å²) in [4.78, 5) is 2.50. The molecule has 0 radical (unpaired) electrons. The molecule has 0 aromatic carbocycles. The van der Waals surface area contributed by atoms with Crippen molar-refractivity contribution in [2.45, 2.75) is 26.3 Å². The van der Waals surface area contributed by atoms with Crippen LogP contribution in [0.2, 0.25) is 0 Å². The summed E-state index contributed by atoms with van der Waals surface area (Å²) in [6.07, 6.45) is 1.31. The molecule has 0 amide bonds. The predicted octanol–water partition coefficient (Wildman–Crippen LogP) is 1.42. The van der Waals surface area contributed by atoms with Gasteiger partial charge in [0.1, 0.15) is 0 Å². The summed E-state index contributed by atoms with van der Waals surface area (Å²) < 4.78 is 0. The minimum Gasteiger partial charge on any atom is -0.312 e. The third-order valence-corrected chi connectivity index (χ3v) is 3.82. The number of thioether (sulfide) groups is 1. The summed E-state index contributed by atoms with van der Waals surface area (Å²) in [5.41, 5.74) is 0. The average molecular weight is 202 g/mol. The molecule has 1 fully saturated rings.